The van der Waals surface area contributed by atoms with Crippen LogP contribution in [0.1, 0.15) is 51.5 Å². The lowest BCUT2D eigenvalue weighted by molar-refractivity contribution is 0.297. The molecule has 1 aliphatic carbocycles. The van der Waals surface area contributed by atoms with Crippen molar-refractivity contribution in [2.75, 3.05) is 0 Å². The molecule has 1 saturated carbocycles. The van der Waals surface area contributed by atoms with Gasteiger partial charge in [0.2, 0.25) is 0 Å². The fraction of sp³-hybridized carbons (Fsp3) is 0.588. The molecule has 0 radical (unpaired) electrons. The quantitative estimate of drug-likeness (QED) is 0.829. The van der Waals surface area contributed by atoms with Crippen molar-refractivity contribution < 1.29 is 0 Å². The van der Waals surface area contributed by atoms with Crippen molar-refractivity contribution in [3.05, 3.63) is 35.9 Å². The Bertz CT molecular complexity index is 444. The van der Waals surface area contributed by atoms with E-state index in [1.165, 1.54) is 12.0 Å². The highest BCUT2D eigenvalue weighted by atomic mass is 15.0. The van der Waals surface area contributed by atoms with E-state index < -0.39 is 0 Å². The monoisotopic (exact) mass is 256 g/mol. The second-order valence-corrected chi connectivity index (χ2v) is 6.55. The molecule has 0 saturated heterocycles. The third-order valence-corrected chi connectivity index (χ3v) is 4.37. The lowest BCUT2D eigenvalue weighted by Crippen LogP contribution is -2.43. The number of nitrogens with zero attached hydrogens (tertiary/aromatic N) is 1. The maximum absolute atomic E-state index is 9.60. The second-order valence-electron chi connectivity index (χ2n) is 6.55. The van der Waals surface area contributed by atoms with Crippen LogP contribution < -0.4 is 5.32 Å². The average molecular weight is 256 g/mol. The molecule has 1 unspecified atom stereocenters. The van der Waals surface area contributed by atoms with Gasteiger partial charge in [-0.2, -0.15) is 5.26 Å². The topological polar surface area (TPSA) is 35.8 Å². The summed E-state index contributed by atoms with van der Waals surface area (Å²) in [4.78, 5) is 0. The normalized spacial score (nSPS) is 26.4. The Kier molecular flexibility index (Phi) is 4.27. The van der Waals surface area contributed by atoms with Crippen molar-refractivity contribution >= 4 is 0 Å². The van der Waals surface area contributed by atoms with Gasteiger partial charge in [-0.1, -0.05) is 50.6 Å². The van der Waals surface area contributed by atoms with Crippen molar-refractivity contribution in [1.82, 2.24) is 5.32 Å². The van der Waals surface area contributed by atoms with E-state index in [1.807, 2.05) is 18.2 Å². The predicted octanol–water partition coefficient (Wildman–Crippen LogP) is 4.03. The molecule has 0 spiro atoms. The van der Waals surface area contributed by atoms with Crippen molar-refractivity contribution in [2.45, 2.75) is 58.0 Å². The molecule has 19 heavy (non-hydrogen) atoms. The molecule has 1 aromatic carbocycles. The summed E-state index contributed by atoms with van der Waals surface area (Å²) in [5.74, 6) is 0. The lowest BCUT2D eigenvalue weighted by Gasteiger charge is -2.28. The van der Waals surface area contributed by atoms with E-state index in [0.717, 1.165) is 32.2 Å². The Morgan fingerprint density at radius 3 is 2.53 bits per heavy atom. The third kappa shape index (κ3) is 3.81. The van der Waals surface area contributed by atoms with Gasteiger partial charge in [0.15, 0.2) is 0 Å². The largest absolute Gasteiger partial charge is 0.295 e. The molecule has 1 fully saturated rings. The number of rotatable bonds is 3. The highest BCUT2D eigenvalue weighted by molar-refractivity contribution is 5.16. The highest BCUT2D eigenvalue weighted by Crippen LogP contribution is 2.37. The van der Waals surface area contributed by atoms with Crippen LogP contribution in [0.2, 0.25) is 0 Å². The molecule has 0 amide bonds. The molecule has 1 aromatic rings. The Balaban J connectivity index is 2.01. The van der Waals surface area contributed by atoms with Crippen molar-refractivity contribution in [1.29, 1.82) is 5.26 Å². The molecule has 0 aromatic heterocycles. The van der Waals surface area contributed by atoms with Gasteiger partial charge in [-0.05, 0) is 36.7 Å². The summed E-state index contributed by atoms with van der Waals surface area (Å²) in [6, 6.07) is 12.9. The molecule has 1 aliphatic rings. The minimum atomic E-state index is -0.330. The smallest absolute Gasteiger partial charge is 0.107 e. The molecule has 2 heteroatoms. The summed E-state index contributed by atoms with van der Waals surface area (Å²) in [6.07, 6.45) is 5.43. The first-order chi connectivity index (χ1) is 9.05. The molecule has 0 bridgehead atoms. The van der Waals surface area contributed by atoms with Crippen LogP contribution >= 0.6 is 0 Å². The average Bonchev–Trinajstić information content (AvgIpc) is 2.57. The van der Waals surface area contributed by atoms with Crippen LogP contribution in [-0.2, 0) is 6.54 Å². The maximum atomic E-state index is 9.60. The van der Waals surface area contributed by atoms with E-state index in [-0.39, 0.29) is 5.54 Å². The van der Waals surface area contributed by atoms with Crippen LogP contribution in [0.15, 0.2) is 30.3 Å². The number of nitrogens with one attached hydrogen (secondary N) is 1. The summed E-state index contributed by atoms with van der Waals surface area (Å²) in [7, 11) is 0. The van der Waals surface area contributed by atoms with Crippen molar-refractivity contribution in [3.63, 3.8) is 0 Å². The summed E-state index contributed by atoms with van der Waals surface area (Å²) in [5, 5.41) is 13.1. The molecule has 2 rings (SSSR count). The van der Waals surface area contributed by atoms with E-state index in [1.54, 1.807) is 0 Å². The molecule has 1 N–H and O–H groups in total. The van der Waals surface area contributed by atoms with E-state index >= 15 is 0 Å². The minimum absolute atomic E-state index is 0.330. The van der Waals surface area contributed by atoms with Crippen LogP contribution in [0.5, 0.6) is 0 Å². The summed E-state index contributed by atoms with van der Waals surface area (Å²) in [5.41, 5.74) is 1.30. The maximum Gasteiger partial charge on any atom is 0.107 e. The highest BCUT2D eigenvalue weighted by Gasteiger charge is 2.35. The predicted molar refractivity (Wildman–Crippen MR) is 78.5 cm³/mol. The van der Waals surface area contributed by atoms with Crippen molar-refractivity contribution in [2.24, 2.45) is 5.41 Å². The molecule has 0 heterocycles. The van der Waals surface area contributed by atoms with Gasteiger partial charge in [-0.25, -0.2) is 0 Å². The van der Waals surface area contributed by atoms with Gasteiger partial charge in [0, 0.05) is 6.54 Å². The van der Waals surface area contributed by atoms with Gasteiger partial charge in [0.25, 0.3) is 0 Å². The van der Waals surface area contributed by atoms with Gasteiger partial charge in [-0.3, -0.25) is 5.32 Å². The van der Waals surface area contributed by atoms with E-state index in [0.29, 0.717) is 5.41 Å². The Labute approximate surface area is 116 Å². The van der Waals surface area contributed by atoms with Crippen LogP contribution in [-0.4, -0.2) is 5.54 Å². The Morgan fingerprint density at radius 2 is 1.84 bits per heavy atom. The number of nitriles is 1. The summed E-state index contributed by atoms with van der Waals surface area (Å²) >= 11 is 0. The van der Waals surface area contributed by atoms with E-state index in [2.05, 4.69) is 37.4 Å². The standard InChI is InChI=1S/C17H24N2/c1-16(2)9-6-10-17(14-18,12-11-16)19-13-15-7-4-3-5-8-15/h3-5,7-8,19H,6,9-13H2,1-2H3. The fourth-order valence-corrected chi connectivity index (χ4v) is 2.87. The summed E-state index contributed by atoms with van der Waals surface area (Å²) < 4.78 is 0. The zero-order chi connectivity index (χ0) is 13.8. The van der Waals surface area contributed by atoms with E-state index in [9.17, 15) is 5.26 Å². The van der Waals surface area contributed by atoms with Crippen LogP contribution in [0.4, 0.5) is 0 Å². The van der Waals surface area contributed by atoms with Gasteiger partial charge >= 0.3 is 0 Å². The fourth-order valence-electron chi connectivity index (χ4n) is 2.87. The number of hydrogen-bond acceptors (Lipinski definition) is 2. The minimum Gasteiger partial charge on any atom is -0.295 e. The molecule has 0 aliphatic heterocycles. The molecular weight excluding hydrogens is 232 g/mol. The number of hydrogen-bond donors (Lipinski definition) is 1. The molecule has 102 valence electrons. The van der Waals surface area contributed by atoms with Crippen LogP contribution in [0, 0.1) is 16.7 Å². The summed E-state index contributed by atoms with van der Waals surface area (Å²) in [6.45, 7) is 5.42. The Morgan fingerprint density at radius 1 is 1.11 bits per heavy atom. The third-order valence-electron chi connectivity index (χ3n) is 4.37. The van der Waals surface area contributed by atoms with Gasteiger partial charge in [0.05, 0.1) is 6.07 Å². The molecular formula is C17H24N2. The van der Waals surface area contributed by atoms with Crippen LogP contribution in [0.25, 0.3) is 0 Å². The van der Waals surface area contributed by atoms with Gasteiger partial charge in [-0.15, -0.1) is 0 Å². The van der Waals surface area contributed by atoms with Gasteiger partial charge < -0.3 is 0 Å². The second kappa shape index (κ2) is 5.75. The number of benzene rings is 1. The van der Waals surface area contributed by atoms with Crippen LogP contribution in [0.3, 0.4) is 0 Å². The Hall–Kier alpha value is -1.33. The van der Waals surface area contributed by atoms with Crippen molar-refractivity contribution in [3.8, 4) is 6.07 Å². The zero-order valence-corrected chi connectivity index (χ0v) is 12.1. The first-order valence-corrected chi connectivity index (χ1v) is 7.26. The lowest BCUT2D eigenvalue weighted by atomic mass is 9.84. The molecule has 2 nitrogen and oxygen atoms in total. The first-order valence-electron chi connectivity index (χ1n) is 7.26. The zero-order valence-electron chi connectivity index (χ0n) is 12.1. The first kappa shape index (κ1) is 14.1. The van der Waals surface area contributed by atoms with Gasteiger partial charge in [0.1, 0.15) is 5.54 Å². The molecule has 1 atom stereocenters. The van der Waals surface area contributed by atoms with E-state index in [4.69, 9.17) is 0 Å². The SMILES string of the molecule is CC1(C)CCCC(C#N)(NCc2ccccc2)CC1.